The van der Waals surface area contributed by atoms with Crippen molar-refractivity contribution in [2.75, 3.05) is 0 Å². The van der Waals surface area contributed by atoms with Crippen molar-refractivity contribution in [1.29, 1.82) is 0 Å². The fraction of sp³-hybridized carbons (Fsp3) is 0. The fourth-order valence-electron chi connectivity index (χ4n) is 1.18. The van der Waals surface area contributed by atoms with Crippen LogP contribution in [0, 0.1) is 0 Å². The van der Waals surface area contributed by atoms with E-state index in [9.17, 15) is 4.79 Å². The van der Waals surface area contributed by atoms with Crippen molar-refractivity contribution >= 4 is 24.3 Å². The average Bonchev–Trinajstić information content (AvgIpc) is 2.13. The second-order valence-corrected chi connectivity index (χ2v) is 3.03. The molecule has 0 aromatic heterocycles. The van der Waals surface area contributed by atoms with Gasteiger partial charge in [0.15, 0.2) is 0 Å². The number of benzene rings is 1. The minimum Gasteiger partial charge on any atom is -0.556 e. The Morgan fingerprint density at radius 3 is 2.33 bits per heavy atom. The quantitative estimate of drug-likeness (QED) is 0.374. The van der Waals surface area contributed by atoms with Crippen LogP contribution >= 0.6 is 0 Å². The fourth-order valence-corrected chi connectivity index (χ4v) is 1.18. The van der Waals surface area contributed by atoms with E-state index in [4.69, 9.17) is 20.2 Å². The molecule has 0 spiro atoms. The van der Waals surface area contributed by atoms with Gasteiger partial charge in [-0.2, -0.15) is 0 Å². The lowest BCUT2D eigenvalue weighted by atomic mass is 9.68. The zero-order valence-electron chi connectivity index (χ0n) is 7.74. The monoisotopic (exact) mass is 209 g/mol. The van der Waals surface area contributed by atoms with E-state index in [0.29, 0.717) is 0 Å². The number of carbonyl (C=O) groups is 1. The second kappa shape index (κ2) is 4.27. The molecule has 0 saturated carbocycles. The first kappa shape index (κ1) is 11.4. The van der Waals surface area contributed by atoms with E-state index in [-0.39, 0.29) is 11.0 Å². The second-order valence-electron chi connectivity index (χ2n) is 3.03. The summed E-state index contributed by atoms with van der Waals surface area (Å²) < 4.78 is 0. The highest BCUT2D eigenvalue weighted by molar-refractivity contribution is 6.72. The van der Waals surface area contributed by atoms with Crippen LogP contribution in [0.15, 0.2) is 30.3 Å². The standard InChI is InChI=1S/C9H10BO5/c11-9(12)6-5-7-3-1-2-4-8(7)10(13,14)15/h1-6,13-15H,(H,11,12)/q-1/b6-5+. The number of hydrogen-bond donors (Lipinski definition) is 4. The summed E-state index contributed by atoms with van der Waals surface area (Å²) in [5, 5.41) is 35.5. The maximum absolute atomic E-state index is 10.3. The summed E-state index contributed by atoms with van der Waals surface area (Å²) in [5.41, 5.74) is 0.127. The molecule has 0 amide bonds. The Morgan fingerprint density at radius 1 is 1.20 bits per heavy atom. The normalized spacial score (nSPS) is 11.9. The zero-order valence-corrected chi connectivity index (χ0v) is 7.74. The SMILES string of the molecule is O=C(O)/C=C/c1ccccc1[B-](O)(O)O. The van der Waals surface area contributed by atoms with Crippen LogP contribution in [0.5, 0.6) is 0 Å². The summed E-state index contributed by atoms with van der Waals surface area (Å²) >= 11 is 0. The van der Waals surface area contributed by atoms with E-state index in [1.54, 1.807) is 6.07 Å². The van der Waals surface area contributed by atoms with E-state index in [0.717, 1.165) is 6.08 Å². The summed E-state index contributed by atoms with van der Waals surface area (Å²) in [4.78, 5) is 10.3. The van der Waals surface area contributed by atoms with Gasteiger partial charge in [0, 0.05) is 6.08 Å². The van der Waals surface area contributed by atoms with Gasteiger partial charge in [0.05, 0.1) is 0 Å². The summed E-state index contributed by atoms with van der Waals surface area (Å²) in [5.74, 6) is -1.16. The van der Waals surface area contributed by atoms with Crippen LogP contribution in [0.4, 0.5) is 0 Å². The van der Waals surface area contributed by atoms with Crippen molar-refractivity contribution in [3.63, 3.8) is 0 Å². The molecular formula is C9H10BO5-. The first-order valence-electron chi connectivity index (χ1n) is 4.23. The van der Waals surface area contributed by atoms with Crippen molar-refractivity contribution in [3.8, 4) is 0 Å². The Hall–Kier alpha value is -1.63. The Morgan fingerprint density at radius 2 is 1.80 bits per heavy atom. The third kappa shape index (κ3) is 3.21. The zero-order chi connectivity index (χ0) is 11.5. The highest BCUT2D eigenvalue weighted by atomic mass is 16.5. The minimum atomic E-state index is -3.61. The van der Waals surface area contributed by atoms with Gasteiger partial charge in [0.25, 0.3) is 0 Å². The molecule has 0 unspecified atom stereocenters. The van der Waals surface area contributed by atoms with Gasteiger partial charge < -0.3 is 20.2 Å². The molecule has 0 atom stereocenters. The molecule has 80 valence electrons. The van der Waals surface area contributed by atoms with Crippen LogP contribution in [-0.4, -0.2) is 32.9 Å². The van der Waals surface area contributed by atoms with E-state index < -0.39 is 12.7 Å². The molecule has 0 aliphatic carbocycles. The van der Waals surface area contributed by atoms with Gasteiger partial charge in [-0.05, 0) is 0 Å². The first-order valence-corrected chi connectivity index (χ1v) is 4.23. The third-order valence-electron chi connectivity index (χ3n) is 1.82. The number of hydrogen-bond acceptors (Lipinski definition) is 4. The lowest BCUT2D eigenvalue weighted by Crippen LogP contribution is -2.50. The summed E-state index contributed by atoms with van der Waals surface area (Å²) in [6.07, 6.45) is 2.03. The van der Waals surface area contributed by atoms with Crippen molar-refractivity contribution in [2.45, 2.75) is 0 Å². The Labute approximate surface area is 85.9 Å². The Kier molecular flexibility index (Phi) is 3.26. The average molecular weight is 209 g/mol. The molecule has 6 heteroatoms. The highest BCUT2D eigenvalue weighted by Gasteiger charge is 2.20. The van der Waals surface area contributed by atoms with E-state index in [2.05, 4.69) is 0 Å². The van der Waals surface area contributed by atoms with Crippen LogP contribution in [0.3, 0.4) is 0 Å². The van der Waals surface area contributed by atoms with Crippen molar-refractivity contribution < 1.29 is 25.0 Å². The van der Waals surface area contributed by atoms with Crippen molar-refractivity contribution in [2.24, 2.45) is 0 Å². The number of aliphatic carboxylic acids is 1. The van der Waals surface area contributed by atoms with Gasteiger partial charge in [-0.1, -0.05) is 35.9 Å². The van der Waals surface area contributed by atoms with Gasteiger partial charge in [0.2, 0.25) is 0 Å². The third-order valence-corrected chi connectivity index (χ3v) is 1.82. The highest BCUT2D eigenvalue weighted by Crippen LogP contribution is 2.03. The van der Waals surface area contributed by atoms with E-state index in [1.807, 2.05) is 0 Å². The number of carboxylic acids is 1. The molecule has 1 aromatic rings. The van der Waals surface area contributed by atoms with Crippen LogP contribution in [0.1, 0.15) is 5.56 Å². The molecule has 0 bridgehead atoms. The van der Waals surface area contributed by atoms with E-state index in [1.165, 1.54) is 24.3 Å². The van der Waals surface area contributed by atoms with Crippen LogP contribution < -0.4 is 5.46 Å². The maximum Gasteiger partial charge on any atom is 0.403 e. The molecule has 0 fully saturated rings. The molecule has 1 aromatic carbocycles. The smallest absolute Gasteiger partial charge is 0.403 e. The lowest BCUT2D eigenvalue weighted by molar-refractivity contribution is -0.131. The predicted molar refractivity (Wildman–Crippen MR) is 55.2 cm³/mol. The lowest BCUT2D eigenvalue weighted by Gasteiger charge is -2.23. The number of rotatable bonds is 3. The molecule has 0 aliphatic heterocycles. The van der Waals surface area contributed by atoms with Crippen molar-refractivity contribution in [3.05, 3.63) is 35.9 Å². The van der Waals surface area contributed by atoms with Crippen LogP contribution in [-0.2, 0) is 4.79 Å². The van der Waals surface area contributed by atoms with Crippen LogP contribution in [0.25, 0.3) is 6.08 Å². The predicted octanol–water partition coefficient (Wildman–Crippen LogP) is -1.09. The van der Waals surface area contributed by atoms with Crippen LogP contribution in [0.2, 0.25) is 0 Å². The molecule has 1 rings (SSSR count). The van der Waals surface area contributed by atoms with Gasteiger partial charge in [-0.3, -0.25) is 0 Å². The molecule has 4 N–H and O–H groups in total. The van der Waals surface area contributed by atoms with E-state index >= 15 is 0 Å². The van der Waals surface area contributed by atoms with Gasteiger partial charge in [-0.25, -0.2) is 4.79 Å². The molecule has 0 heterocycles. The molecular weight excluding hydrogens is 199 g/mol. The maximum atomic E-state index is 10.3. The summed E-state index contributed by atoms with van der Waals surface area (Å²) in [7, 11) is 0. The summed E-state index contributed by atoms with van der Waals surface area (Å²) in [6, 6.07) is 5.87. The molecule has 5 nitrogen and oxygen atoms in total. The first-order chi connectivity index (χ1) is 6.91. The molecule has 0 aliphatic rings. The largest absolute Gasteiger partial charge is 0.556 e. The van der Waals surface area contributed by atoms with Gasteiger partial charge >= 0.3 is 12.7 Å². The summed E-state index contributed by atoms with van der Waals surface area (Å²) in [6.45, 7) is -3.61. The van der Waals surface area contributed by atoms with Gasteiger partial charge in [0.1, 0.15) is 0 Å². The molecule has 0 radical (unpaired) electrons. The van der Waals surface area contributed by atoms with Gasteiger partial charge in [-0.15, -0.1) is 5.46 Å². The molecule has 15 heavy (non-hydrogen) atoms. The molecule has 0 saturated heterocycles. The van der Waals surface area contributed by atoms with Crippen molar-refractivity contribution in [1.82, 2.24) is 0 Å². The Bertz CT molecular complexity index is 394. The minimum absolute atomic E-state index is 0.116. The topological polar surface area (TPSA) is 98.0 Å². The Balaban J connectivity index is 3.13. The number of carboxylic acid groups (broad SMARTS) is 1.